The summed E-state index contributed by atoms with van der Waals surface area (Å²) < 4.78 is 0. The summed E-state index contributed by atoms with van der Waals surface area (Å²) in [6.45, 7) is 1.00. The first kappa shape index (κ1) is 11.8. The number of carbonyl (C=O) groups excluding carboxylic acids is 1. The van der Waals surface area contributed by atoms with Crippen molar-refractivity contribution in [3.8, 4) is 0 Å². The first-order valence-electron chi connectivity index (χ1n) is 5.33. The molecule has 3 N–H and O–H groups in total. The maximum Gasteiger partial charge on any atom is 0.243 e. The molecule has 0 aromatic carbocycles. The Hall–Kier alpha value is -1.26. The number of guanidine groups is 1. The smallest absolute Gasteiger partial charge is 0.243 e. The van der Waals surface area contributed by atoms with Gasteiger partial charge in [0.1, 0.15) is 6.54 Å². The minimum atomic E-state index is -0.0385. The molecule has 5 nitrogen and oxygen atoms in total. The summed E-state index contributed by atoms with van der Waals surface area (Å²) >= 11 is 0. The van der Waals surface area contributed by atoms with E-state index >= 15 is 0 Å². The molecule has 0 radical (unpaired) electrons. The van der Waals surface area contributed by atoms with Crippen molar-refractivity contribution in [1.29, 1.82) is 0 Å². The average Bonchev–Trinajstić information content (AvgIpc) is 2.11. The van der Waals surface area contributed by atoms with Gasteiger partial charge in [-0.1, -0.05) is 6.42 Å². The Labute approximate surface area is 90.7 Å². The molecule has 1 aliphatic carbocycles. The van der Waals surface area contributed by atoms with E-state index in [0.717, 1.165) is 12.5 Å². The van der Waals surface area contributed by atoms with Crippen LogP contribution in [0.5, 0.6) is 0 Å². The highest BCUT2D eigenvalue weighted by atomic mass is 16.2. The Balaban J connectivity index is 2.17. The molecule has 1 rings (SSSR count). The van der Waals surface area contributed by atoms with Gasteiger partial charge in [-0.25, -0.2) is 4.99 Å². The van der Waals surface area contributed by atoms with Crippen LogP contribution in [0, 0.1) is 5.92 Å². The van der Waals surface area contributed by atoms with Crippen LogP contribution in [0.25, 0.3) is 0 Å². The van der Waals surface area contributed by atoms with Gasteiger partial charge in [0.25, 0.3) is 0 Å². The quantitative estimate of drug-likeness (QED) is 0.500. The summed E-state index contributed by atoms with van der Waals surface area (Å²) in [5, 5.41) is 3.04. The van der Waals surface area contributed by atoms with Gasteiger partial charge in [-0.15, -0.1) is 0 Å². The molecule has 0 bridgehead atoms. The monoisotopic (exact) mass is 212 g/mol. The van der Waals surface area contributed by atoms with Crippen LogP contribution in [-0.4, -0.2) is 44.0 Å². The molecular weight excluding hydrogens is 192 g/mol. The third-order valence-electron chi connectivity index (χ3n) is 2.68. The lowest BCUT2D eigenvalue weighted by atomic mass is 9.85. The Kier molecular flexibility index (Phi) is 4.39. The number of nitrogens with one attached hydrogen (secondary N) is 1. The third kappa shape index (κ3) is 4.18. The Bertz CT molecular complexity index is 246. The van der Waals surface area contributed by atoms with Crippen molar-refractivity contribution in [3.05, 3.63) is 0 Å². The molecule has 15 heavy (non-hydrogen) atoms. The van der Waals surface area contributed by atoms with Crippen molar-refractivity contribution in [2.24, 2.45) is 16.6 Å². The molecule has 5 heteroatoms. The van der Waals surface area contributed by atoms with Gasteiger partial charge in [-0.3, -0.25) is 4.79 Å². The van der Waals surface area contributed by atoms with E-state index in [4.69, 9.17) is 5.73 Å². The van der Waals surface area contributed by atoms with Crippen LogP contribution in [0.3, 0.4) is 0 Å². The molecule has 0 spiro atoms. The van der Waals surface area contributed by atoms with Crippen LogP contribution in [0.1, 0.15) is 19.3 Å². The Morgan fingerprint density at radius 1 is 1.53 bits per heavy atom. The van der Waals surface area contributed by atoms with Gasteiger partial charge in [-0.2, -0.15) is 0 Å². The number of nitrogens with zero attached hydrogens (tertiary/aromatic N) is 2. The summed E-state index contributed by atoms with van der Waals surface area (Å²) in [5.41, 5.74) is 5.62. The van der Waals surface area contributed by atoms with Crippen LogP contribution < -0.4 is 11.1 Å². The second kappa shape index (κ2) is 5.58. The molecule has 0 aromatic rings. The van der Waals surface area contributed by atoms with Crippen molar-refractivity contribution in [1.82, 2.24) is 10.2 Å². The summed E-state index contributed by atoms with van der Waals surface area (Å²) in [6, 6.07) is 0. The van der Waals surface area contributed by atoms with Gasteiger partial charge in [0, 0.05) is 20.6 Å². The van der Waals surface area contributed by atoms with Crippen molar-refractivity contribution in [3.63, 3.8) is 0 Å². The maximum atomic E-state index is 11.2. The first-order chi connectivity index (χ1) is 7.09. The largest absolute Gasteiger partial charge is 0.370 e. The predicted molar refractivity (Wildman–Crippen MR) is 60.5 cm³/mol. The van der Waals surface area contributed by atoms with E-state index in [2.05, 4.69) is 10.3 Å². The van der Waals surface area contributed by atoms with E-state index in [1.54, 1.807) is 14.1 Å². The average molecular weight is 212 g/mol. The fraction of sp³-hybridized carbons (Fsp3) is 0.800. The minimum absolute atomic E-state index is 0.0385. The maximum absolute atomic E-state index is 11.2. The lowest BCUT2D eigenvalue weighted by Gasteiger charge is -2.25. The number of hydrogen-bond donors (Lipinski definition) is 2. The van der Waals surface area contributed by atoms with E-state index in [9.17, 15) is 4.79 Å². The number of hydrogen-bond acceptors (Lipinski definition) is 2. The molecule has 0 atom stereocenters. The van der Waals surface area contributed by atoms with Gasteiger partial charge in [0.2, 0.25) is 5.91 Å². The highest BCUT2D eigenvalue weighted by Crippen LogP contribution is 2.24. The number of nitrogens with two attached hydrogens (primary N) is 1. The molecule has 1 fully saturated rings. The number of amides is 1. The lowest BCUT2D eigenvalue weighted by Crippen LogP contribution is -2.38. The van der Waals surface area contributed by atoms with Crippen LogP contribution >= 0.6 is 0 Å². The van der Waals surface area contributed by atoms with Gasteiger partial charge in [0.05, 0.1) is 0 Å². The predicted octanol–water partition coefficient (Wildman–Crippen LogP) is -0.221. The number of rotatable bonds is 4. The Morgan fingerprint density at radius 2 is 2.20 bits per heavy atom. The van der Waals surface area contributed by atoms with Crippen molar-refractivity contribution in [2.75, 3.05) is 27.2 Å². The molecule has 0 aromatic heterocycles. The summed E-state index contributed by atoms with van der Waals surface area (Å²) in [4.78, 5) is 16.7. The van der Waals surface area contributed by atoms with Crippen LogP contribution in [0.2, 0.25) is 0 Å². The topological polar surface area (TPSA) is 70.7 Å². The van der Waals surface area contributed by atoms with E-state index in [-0.39, 0.29) is 12.5 Å². The number of likely N-dealkylation sites (N-methyl/N-ethyl adjacent to an activating group) is 1. The molecule has 0 unspecified atom stereocenters. The normalized spacial score (nSPS) is 17.1. The Morgan fingerprint density at radius 3 is 2.67 bits per heavy atom. The zero-order chi connectivity index (χ0) is 11.3. The van der Waals surface area contributed by atoms with Gasteiger partial charge < -0.3 is 16.0 Å². The fourth-order valence-electron chi connectivity index (χ4n) is 1.30. The standard InChI is InChI=1S/C10H20N4O/c1-14(2)9(15)7-13-10(11)12-6-8-4-3-5-8/h8H,3-7H2,1-2H3,(H3,11,12,13). The van der Waals surface area contributed by atoms with Crippen LogP contribution in [-0.2, 0) is 4.79 Å². The number of aliphatic imine (C=N–C) groups is 1. The fourth-order valence-corrected chi connectivity index (χ4v) is 1.30. The van der Waals surface area contributed by atoms with Crippen molar-refractivity contribution < 1.29 is 4.79 Å². The van der Waals surface area contributed by atoms with Crippen LogP contribution in [0.15, 0.2) is 4.99 Å². The van der Waals surface area contributed by atoms with Crippen molar-refractivity contribution >= 4 is 11.9 Å². The molecular formula is C10H20N4O. The molecule has 1 amide bonds. The molecule has 86 valence electrons. The molecule has 0 heterocycles. The highest BCUT2D eigenvalue weighted by Gasteiger charge is 2.16. The zero-order valence-electron chi connectivity index (χ0n) is 9.49. The highest BCUT2D eigenvalue weighted by molar-refractivity contribution is 5.83. The third-order valence-corrected chi connectivity index (χ3v) is 2.68. The van der Waals surface area contributed by atoms with E-state index in [1.807, 2.05) is 0 Å². The molecule has 0 saturated heterocycles. The molecule has 1 aliphatic rings. The number of carbonyl (C=O) groups is 1. The summed E-state index contributed by atoms with van der Waals surface area (Å²) in [5.74, 6) is 1.07. The summed E-state index contributed by atoms with van der Waals surface area (Å²) in [7, 11) is 3.41. The minimum Gasteiger partial charge on any atom is -0.370 e. The van der Waals surface area contributed by atoms with Gasteiger partial charge in [0.15, 0.2) is 5.96 Å². The van der Waals surface area contributed by atoms with Gasteiger partial charge in [-0.05, 0) is 18.8 Å². The molecule has 0 aliphatic heterocycles. The lowest BCUT2D eigenvalue weighted by molar-refractivity contribution is -0.127. The van der Waals surface area contributed by atoms with Crippen LogP contribution in [0.4, 0.5) is 0 Å². The summed E-state index contributed by atoms with van der Waals surface area (Å²) in [6.07, 6.45) is 3.87. The first-order valence-corrected chi connectivity index (χ1v) is 5.33. The molecule has 1 saturated carbocycles. The van der Waals surface area contributed by atoms with Gasteiger partial charge >= 0.3 is 0 Å². The van der Waals surface area contributed by atoms with E-state index in [0.29, 0.717) is 5.96 Å². The van der Waals surface area contributed by atoms with E-state index < -0.39 is 0 Å². The SMILES string of the molecule is CN(C)C(=O)CN=C(N)NCC1CCC1. The zero-order valence-corrected chi connectivity index (χ0v) is 9.49. The van der Waals surface area contributed by atoms with Crippen molar-refractivity contribution in [2.45, 2.75) is 19.3 Å². The van der Waals surface area contributed by atoms with E-state index in [1.165, 1.54) is 24.2 Å². The second-order valence-corrected chi connectivity index (χ2v) is 4.17. The second-order valence-electron chi connectivity index (χ2n) is 4.17.